The minimum Gasteiger partial charge on any atom is -0.453 e. The molecule has 21 heavy (non-hydrogen) atoms. The van der Waals surface area contributed by atoms with Crippen molar-refractivity contribution < 1.29 is 14.3 Å². The van der Waals surface area contributed by atoms with Gasteiger partial charge >= 0.3 is 12.1 Å². The maximum Gasteiger partial charge on any atom is 0.409 e. The van der Waals surface area contributed by atoms with Gasteiger partial charge in [-0.15, -0.1) is 0 Å². The van der Waals surface area contributed by atoms with Crippen LogP contribution < -0.4 is 5.84 Å². The van der Waals surface area contributed by atoms with Gasteiger partial charge in [-0.05, 0) is 38.0 Å². The number of ether oxygens (including phenoxy) is 1. The van der Waals surface area contributed by atoms with E-state index in [0.717, 1.165) is 38.8 Å². The number of hydrogen-bond acceptors (Lipinski definition) is 4. The third-order valence-corrected chi connectivity index (χ3v) is 4.37. The van der Waals surface area contributed by atoms with Crippen molar-refractivity contribution in [2.45, 2.75) is 32.1 Å². The SMILES string of the molecule is COC(=O)N1CCC(CN(N)C(=O)N2CCCCC2)CC1. The lowest BCUT2D eigenvalue weighted by Gasteiger charge is -2.35. The summed E-state index contributed by atoms with van der Waals surface area (Å²) in [4.78, 5) is 27.2. The molecule has 120 valence electrons. The number of piperidine rings is 2. The standard InChI is InChI=1S/C14H26N4O3/c1-21-14(20)17-9-5-12(6-10-17)11-18(15)13(19)16-7-3-2-4-8-16/h12H,2-11,15H2,1H3. The smallest absolute Gasteiger partial charge is 0.409 e. The van der Waals surface area contributed by atoms with Gasteiger partial charge < -0.3 is 14.5 Å². The Labute approximate surface area is 125 Å². The van der Waals surface area contributed by atoms with Crippen molar-refractivity contribution in [1.29, 1.82) is 0 Å². The number of rotatable bonds is 2. The molecule has 2 fully saturated rings. The summed E-state index contributed by atoms with van der Waals surface area (Å²) >= 11 is 0. The Morgan fingerprint density at radius 3 is 2.29 bits per heavy atom. The number of carbonyl (C=O) groups is 2. The quantitative estimate of drug-likeness (QED) is 0.473. The molecular formula is C14H26N4O3. The van der Waals surface area contributed by atoms with Crippen LogP contribution in [0.15, 0.2) is 0 Å². The van der Waals surface area contributed by atoms with E-state index in [9.17, 15) is 9.59 Å². The Morgan fingerprint density at radius 2 is 1.71 bits per heavy atom. The summed E-state index contributed by atoms with van der Waals surface area (Å²) in [5.41, 5.74) is 0. The number of amides is 3. The number of carbonyl (C=O) groups excluding carboxylic acids is 2. The maximum atomic E-state index is 12.2. The highest BCUT2D eigenvalue weighted by Crippen LogP contribution is 2.19. The molecule has 0 aromatic carbocycles. The van der Waals surface area contributed by atoms with Gasteiger partial charge in [0.15, 0.2) is 0 Å². The number of nitrogens with two attached hydrogens (primary N) is 1. The Kier molecular flexibility index (Phi) is 5.67. The van der Waals surface area contributed by atoms with Crippen molar-refractivity contribution >= 4 is 12.1 Å². The first-order valence-electron chi connectivity index (χ1n) is 7.76. The molecule has 0 unspecified atom stereocenters. The van der Waals surface area contributed by atoms with Crippen LogP contribution in [0.5, 0.6) is 0 Å². The predicted molar refractivity (Wildman–Crippen MR) is 78.4 cm³/mol. The normalized spacial score (nSPS) is 20.3. The zero-order valence-electron chi connectivity index (χ0n) is 12.8. The Balaban J connectivity index is 1.74. The zero-order valence-corrected chi connectivity index (χ0v) is 12.8. The highest BCUT2D eigenvalue weighted by molar-refractivity contribution is 5.73. The molecule has 2 aliphatic heterocycles. The molecule has 0 aromatic rings. The molecule has 0 spiro atoms. The van der Waals surface area contributed by atoms with E-state index in [0.29, 0.717) is 25.6 Å². The zero-order chi connectivity index (χ0) is 15.2. The average Bonchev–Trinajstić information content (AvgIpc) is 2.55. The highest BCUT2D eigenvalue weighted by atomic mass is 16.5. The van der Waals surface area contributed by atoms with Crippen molar-refractivity contribution in [3.8, 4) is 0 Å². The van der Waals surface area contributed by atoms with Crippen LogP contribution >= 0.6 is 0 Å². The largest absolute Gasteiger partial charge is 0.453 e. The van der Waals surface area contributed by atoms with Crippen LogP contribution in [0.25, 0.3) is 0 Å². The fraction of sp³-hybridized carbons (Fsp3) is 0.857. The van der Waals surface area contributed by atoms with E-state index < -0.39 is 0 Å². The summed E-state index contributed by atoms with van der Waals surface area (Å²) in [5.74, 6) is 6.29. The van der Waals surface area contributed by atoms with Gasteiger partial charge in [0, 0.05) is 32.7 Å². The summed E-state index contributed by atoms with van der Waals surface area (Å²) in [7, 11) is 1.40. The van der Waals surface area contributed by atoms with Crippen LogP contribution in [0, 0.1) is 5.92 Å². The number of likely N-dealkylation sites (tertiary alicyclic amines) is 2. The summed E-state index contributed by atoms with van der Waals surface area (Å²) in [6, 6.07) is -0.0647. The number of hydrazine groups is 1. The van der Waals surface area contributed by atoms with E-state index in [2.05, 4.69) is 0 Å². The van der Waals surface area contributed by atoms with E-state index in [-0.39, 0.29) is 12.1 Å². The van der Waals surface area contributed by atoms with Gasteiger partial charge in [-0.25, -0.2) is 15.4 Å². The van der Waals surface area contributed by atoms with Crippen molar-refractivity contribution in [3.05, 3.63) is 0 Å². The van der Waals surface area contributed by atoms with E-state index in [4.69, 9.17) is 10.6 Å². The van der Waals surface area contributed by atoms with Crippen LogP contribution in [0.1, 0.15) is 32.1 Å². The second kappa shape index (κ2) is 7.49. The van der Waals surface area contributed by atoms with Gasteiger partial charge in [0.05, 0.1) is 7.11 Å². The minimum atomic E-state index is -0.276. The summed E-state index contributed by atoms with van der Waals surface area (Å²) < 4.78 is 4.71. The Morgan fingerprint density at radius 1 is 1.10 bits per heavy atom. The van der Waals surface area contributed by atoms with Crippen LogP contribution in [0.4, 0.5) is 9.59 Å². The first-order chi connectivity index (χ1) is 10.1. The van der Waals surface area contributed by atoms with Crippen LogP contribution in [0.3, 0.4) is 0 Å². The molecule has 2 N–H and O–H groups in total. The predicted octanol–water partition coefficient (Wildman–Crippen LogP) is 1.25. The van der Waals surface area contributed by atoms with Gasteiger partial charge in [0.2, 0.25) is 0 Å². The lowest BCUT2D eigenvalue weighted by molar-refractivity contribution is 0.0948. The lowest BCUT2D eigenvalue weighted by atomic mass is 9.97. The number of methoxy groups -OCH3 is 1. The monoisotopic (exact) mass is 298 g/mol. The summed E-state index contributed by atoms with van der Waals surface area (Å²) in [5, 5.41) is 1.35. The molecule has 2 aliphatic rings. The maximum absolute atomic E-state index is 12.2. The third-order valence-electron chi connectivity index (χ3n) is 4.37. The second-order valence-corrected chi connectivity index (χ2v) is 5.88. The molecule has 0 bridgehead atoms. The van der Waals surface area contributed by atoms with Gasteiger partial charge in [-0.3, -0.25) is 5.01 Å². The summed E-state index contributed by atoms with van der Waals surface area (Å²) in [6.07, 6.45) is 4.77. The van der Waals surface area contributed by atoms with Crippen molar-refractivity contribution in [1.82, 2.24) is 14.8 Å². The lowest BCUT2D eigenvalue weighted by Crippen LogP contribution is -2.51. The Bertz CT molecular complexity index is 363. The number of urea groups is 1. The molecule has 2 heterocycles. The van der Waals surface area contributed by atoms with E-state index in [1.807, 2.05) is 4.90 Å². The van der Waals surface area contributed by atoms with Crippen molar-refractivity contribution in [3.63, 3.8) is 0 Å². The van der Waals surface area contributed by atoms with Crippen molar-refractivity contribution in [2.75, 3.05) is 39.8 Å². The molecule has 2 saturated heterocycles. The number of nitrogens with zero attached hydrogens (tertiary/aromatic N) is 3. The fourth-order valence-electron chi connectivity index (χ4n) is 3.05. The molecular weight excluding hydrogens is 272 g/mol. The van der Waals surface area contributed by atoms with E-state index >= 15 is 0 Å². The van der Waals surface area contributed by atoms with Gasteiger partial charge in [-0.1, -0.05) is 0 Å². The molecule has 3 amide bonds. The molecule has 7 heteroatoms. The average molecular weight is 298 g/mol. The van der Waals surface area contributed by atoms with Crippen LogP contribution in [0.2, 0.25) is 0 Å². The second-order valence-electron chi connectivity index (χ2n) is 5.88. The minimum absolute atomic E-state index is 0.0647. The summed E-state index contributed by atoms with van der Waals surface area (Å²) in [6.45, 7) is 3.52. The van der Waals surface area contributed by atoms with E-state index in [1.54, 1.807) is 4.90 Å². The highest BCUT2D eigenvalue weighted by Gasteiger charge is 2.27. The first-order valence-corrected chi connectivity index (χ1v) is 7.76. The molecule has 0 aliphatic carbocycles. The molecule has 0 atom stereocenters. The van der Waals surface area contributed by atoms with Gasteiger partial charge in [0.25, 0.3) is 0 Å². The number of hydrogen-bond donors (Lipinski definition) is 1. The van der Waals surface area contributed by atoms with Gasteiger partial charge in [0.1, 0.15) is 0 Å². The third kappa shape index (κ3) is 4.23. The van der Waals surface area contributed by atoms with Gasteiger partial charge in [-0.2, -0.15) is 0 Å². The Hall–Kier alpha value is -1.50. The van der Waals surface area contributed by atoms with Crippen molar-refractivity contribution in [2.24, 2.45) is 11.8 Å². The molecule has 2 rings (SSSR count). The molecule has 7 nitrogen and oxygen atoms in total. The van der Waals surface area contributed by atoms with Crippen LogP contribution in [-0.4, -0.2) is 66.8 Å². The molecule has 0 aromatic heterocycles. The fourth-order valence-corrected chi connectivity index (χ4v) is 3.05. The topological polar surface area (TPSA) is 79.1 Å². The first kappa shape index (κ1) is 15.9. The molecule has 0 saturated carbocycles. The molecule has 0 radical (unpaired) electrons. The van der Waals surface area contributed by atoms with E-state index in [1.165, 1.54) is 18.5 Å². The van der Waals surface area contributed by atoms with Crippen LogP contribution in [-0.2, 0) is 4.74 Å².